The average molecular weight is 405 g/mol. The highest BCUT2D eigenvalue weighted by atomic mass is 35.5. The Labute approximate surface area is 162 Å². The summed E-state index contributed by atoms with van der Waals surface area (Å²) < 4.78 is 28.8. The smallest absolute Gasteiger partial charge is 0.224 e. The lowest BCUT2D eigenvalue weighted by molar-refractivity contribution is -0.116. The molecule has 0 atom stereocenters. The van der Waals surface area contributed by atoms with Gasteiger partial charge in [0.25, 0.3) is 0 Å². The summed E-state index contributed by atoms with van der Waals surface area (Å²) in [7, 11) is -3.33. The van der Waals surface area contributed by atoms with Crippen LogP contribution in [0.3, 0.4) is 0 Å². The quantitative estimate of drug-likeness (QED) is 0.671. The van der Waals surface area contributed by atoms with E-state index in [0.29, 0.717) is 28.8 Å². The molecule has 0 saturated heterocycles. The molecule has 0 saturated carbocycles. The summed E-state index contributed by atoms with van der Waals surface area (Å²) in [6.45, 7) is 0. The molecule has 0 aliphatic rings. The van der Waals surface area contributed by atoms with Crippen LogP contribution in [0.2, 0.25) is 5.02 Å². The van der Waals surface area contributed by atoms with Gasteiger partial charge in [-0.25, -0.2) is 13.4 Å². The molecule has 8 heteroatoms. The number of aryl methyl sites for hydroxylation is 1. The van der Waals surface area contributed by atoms with Crippen molar-refractivity contribution in [3.05, 3.63) is 65.6 Å². The van der Waals surface area contributed by atoms with Crippen LogP contribution in [-0.2, 0) is 21.1 Å². The van der Waals surface area contributed by atoms with Crippen LogP contribution in [0.25, 0.3) is 11.3 Å². The topological polar surface area (TPSA) is 89.3 Å². The van der Waals surface area contributed by atoms with Gasteiger partial charge in [-0.2, -0.15) is 0 Å². The van der Waals surface area contributed by atoms with Crippen LogP contribution in [0.15, 0.2) is 64.0 Å². The minimum absolute atomic E-state index is 0.153. The van der Waals surface area contributed by atoms with E-state index in [2.05, 4.69) is 10.3 Å². The maximum Gasteiger partial charge on any atom is 0.224 e. The van der Waals surface area contributed by atoms with Crippen molar-refractivity contribution in [3.8, 4) is 11.3 Å². The molecule has 3 rings (SSSR count). The van der Waals surface area contributed by atoms with E-state index in [1.54, 1.807) is 30.5 Å². The summed E-state index contributed by atoms with van der Waals surface area (Å²) in [5.41, 5.74) is 1.28. The van der Waals surface area contributed by atoms with Crippen LogP contribution in [0.4, 0.5) is 5.69 Å². The standard InChI is InChI=1S/C19H17ClN2O4S/c1-27(24,25)16-4-2-3-15(11-16)22-18(23)9-10-19-21-12-17(26-19)13-5-7-14(20)8-6-13/h2-8,11-12H,9-10H2,1H3,(H,22,23). The Morgan fingerprint density at radius 3 is 2.63 bits per heavy atom. The summed E-state index contributed by atoms with van der Waals surface area (Å²) in [5.74, 6) is 0.787. The number of nitrogens with one attached hydrogen (secondary N) is 1. The van der Waals surface area contributed by atoms with Gasteiger partial charge in [0.1, 0.15) is 0 Å². The van der Waals surface area contributed by atoms with Gasteiger partial charge in [-0.15, -0.1) is 0 Å². The van der Waals surface area contributed by atoms with Gasteiger partial charge in [0, 0.05) is 35.4 Å². The lowest BCUT2D eigenvalue weighted by Gasteiger charge is -2.06. The molecular weight excluding hydrogens is 388 g/mol. The molecule has 140 valence electrons. The minimum atomic E-state index is -3.33. The van der Waals surface area contributed by atoms with E-state index in [0.717, 1.165) is 11.8 Å². The molecule has 2 aromatic carbocycles. The molecule has 1 amide bonds. The first-order valence-electron chi connectivity index (χ1n) is 8.12. The van der Waals surface area contributed by atoms with E-state index in [4.69, 9.17) is 16.0 Å². The van der Waals surface area contributed by atoms with Crippen molar-refractivity contribution < 1.29 is 17.6 Å². The molecule has 0 aliphatic carbocycles. The van der Waals surface area contributed by atoms with Crippen LogP contribution in [0.1, 0.15) is 12.3 Å². The van der Waals surface area contributed by atoms with Crippen LogP contribution in [0, 0.1) is 0 Å². The Bertz CT molecular complexity index is 1060. The van der Waals surface area contributed by atoms with Gasteiger partial charge in [-0.3, -0.25) is 4.79 Å². The van der Waals surface area contributed by atoms with Crippen molar-refractivity contribution >= 4 is 33.0 Å². The Morgan fingerprint density at radius 2 is 1.93 bits per heavy atom. The van der Waals surface area contributed by atoms with E-state index < -0.39 is 9.84 Å². The second-order valence-electron chi connectivity index (χ2n) is 5.97. The molecular formula is C19H17ClN2O4S. The zero-order valence-corrected chi connectivity index (χ0v) is 16.0. The fraction of sp³-hybridized carbons (Fsp3) is 0.158. The third kappa shape index (κ3) is 5.18. The third-order valence-corrected chi connectivity index (χ3v) is 5.16. The Balaban J connectivity index is 1.59. The fourth-order valence-electron chi connectivity index (χ4n) is 2.42. The molecule has 0 aliphatic heterocycles. The fourth-order valence-corrected chi connectivity index (χ4v) is 3.21. The molecule has 27 heavy (non-hydrogen) atoms. The molecule has 0 radical (unpaired) electrons. The van der Waals surface area contributed by atoms with Crippen molar-refractivity contribution in [2.24, 2.45) is 0 Å². The number of nitrogens with zero attached hydrogens (tertiary/aromatic N) is 1. The highest BCUT2D eigenvalue weighted by Gasteiger charge is 2.11. The molecule has 6 nitrogen and oxygen atoms in total. The first-order chi connectivity index (χ1) is 12.8. The Morgan fingerprint density at radius 1 is 1.19 bits per heavy atom. The molecule has 0 bridgehead atoms. The molecule has 3 aromatic rings. The largest absolute Gasteiger partial charge is 0.441 e. The Hall–Kier alpha value is -2.64. The zero-order chi connectivity index (χ0) is 19.4. The highest BCUT2D eigenvalue weighted by Crippen LogP contribution is 2.23. The zero-order valence-electron chi connectivity index (χ0n) is 14.5. The monoisotopic (exact) mass is 404 g/mol. The maximum atomic E-state index is 12.1. The maximum absolute atomic E-state index is 12.1. The van der Waals surface area contributed by atoms with Crippen molar-refractivity contribution in [2.45, 2.75) is 17.7 Å². The summed E-state index contributed by atoms with van der Waals surface area (Å²) in [6.07, 6.45) is 3.20. The molecule has 1 N–H and O–H groups in total. The second-order valence-corrected chi connectivity index (χ2v) is 8.43. The van der Waals surface area contributed by atoms with Crippen molar-refractivity contribution in [3.63, 3.8) is 0 Å². The Kier molecular flexibility index (Phi) is 5.62. The number of hydrogen-bond donors (Lipinski definition) is 1. The lowest BCUT2D eigenvalue weighted by Crippen LogP contribution is -2.12. The molecule has 0 unspecified atom stereocenters. The number of benzene rings is 2. The number of carbonyl (C=O) groups is 1. The van der Waals surface area contributed by atoms with Crippen LogP contribution in [-0.4, -0.2) is 25.6 Å². The number of oxazole rings is 1. The number of carbonyl (C=O) groups excluding carboxylic acids is 1. The molecule has 0 fully saturated rings. The first kappa shape index (κ1) is 19.1. The van der Waals surface area contributed by atoms with Crippen molar-refractivity contribution in [1.82, 2.24) is 4.98 Å². The van der Waals surface area contributed by atoms with E-state index in [9.17, 15) is 13.2 Å². The van der Waals surface area contributed by atoms with Gasteiger partial charge in [0.15, 0.2) is 21.5 Å². The number of amides is 1. The summed E-state index contributed by atoms with van der Waals surface area (Å²) in [5, 5.41) is 3.32. The van der Waals surface area contributed by atoms with Gasteiger partial charge < -0.3 is 9.73 Å². The van der Waals surface area contributed by atoms with E-state index >= 15 is 0 Å². The van der Waals surface area contributed by atoms with Gasteiger partial charge in [0.2, 0.25) is 5.91 Å². The van der Waals surface area contributed by atoms with Gasteiger partial charge in [0.05, 0.1) is 11.1 Å². The summed E-state index contributed by atoms with van der Waals surface area (Å²) >= 11 is 5.87. The number of sulfone groups is 1. The number of hydrogen-bond acceptors (Lipinski definition) is 5. The average Bonchev–Trinajstić information content (AvgIpc) is 3.09. The van der Waals surface area contributed by atoms with Gasteiger partial charge >= 0.3 is 0 Å². The van der Waals surface area contributed by atoms with Crippen molar-refractivity contribution in [1.29, 1.82) is 0 Å². The second kappa shape index (κ2) is 7.94. The summed E-state index contributed by atoms with van der Waals surface area (Å²) in [6, 6.07) is 13.3. The number of rotatable bonds is 6. The molecule has 0 spiro atoms. The number of aromatic nitrogens is 1. The van der Waals surface area contributed by atoms with Crippen LogP contribution < -0.4 is 5.32 Å². The van der Waals surface area contributed by atoms with Gasteiger partial charge in [-0.05, 0) is 42.5 Å². The predicted molar refractivity (Wildman–Crippen MR) is 103 cm³/mol. The molecule has 1 heterocycles. The van der Waals surface area contributed by atoms with Gasteiger partial charge in [-0.1, -0.05) is 17.7 Å². The first-order valence-corrected chi connectivity index (χ1v) is 10.4. The van der Waals surface area contributed by atoms with Crippen molar-refractivity contribution in [2.75, 3.05) is 11.6 Å². The van der Waals surface area contributed by atoms with E-state index in [1.165, 1.54) is 12.1 Å². The minimum Gasteiger partial charge on any atom is -0.441 e. The highest BCUT2D eigenvalue weighted by molar-refractivity contribution is 7.90. The molecule has 1 aromatic heterocycles. The van der Waals surface area contributed by atoms with E-state index in [1.807, 2.05) is 12.1 Å². The lowest BCUT2D eigenvalue weighted by atomic mass is 10.2. The third-order valence-electron chi connectivity index (χ3n) is 3.79. The summed E-state index contributed by atoms with van der Waals surface area (Å²) in [4.78, 5) is 16.5. The number of halogens is 1. The number of anilines is 1. The van der Waals surface area contributed by atoms with E-state index in [-0.39, 0.29) is 17.2 Å². The van der Waals surface area contributed by atoms with Crippen LogP contribution >= 0.6 is 11.6 Å². The van der Waals surface area contributed by atoms with Crippen LogP contribution in [0.5, 0.6) is 0 Å². The predicted octanol–water partition coefficient (Wildman–Crippen LogP) is 3.97. The SMILES string of the molecule is CS(=O)(=O)c1cccc(NC(=O)CCc2ncc(-c3ccc(Cl)cc3)o2)c1. The normalized spacial score (nSPS) is 11.3.